The van der Waals surface area contributed by atoms with Crippen molar-refractivity contribution >= 4 is 16.9 Å². The van der Waals surface area contributed by atoms with Gasteiger partial charge in [-0.05, 0) is 29.8 Å². The van der Waals surface area contributed by atoms with Gasteiger partial charge >= 0.3 is 5.97 Å². The smallest absolute Gasteiger partial charge is 0.310 e. The SMILES string of the molecule is COC(=O)Cc1c(OCc2ccccc2OC)nc2ccccc2c1-c1ccc2c(c1)OCO2. The summed E-state index contributed by atoms with van der Waals surface area (Å²) in [4.78, 5) is 17.2. The molecule has 0 saturated heterocycles. The summed E-state index contributed by atoms with van der Waals surface area (Å²) in [6.45, 7) is 0.405. The number of fused-ring (bicyclic) bond motifs is 2. The van der Waals surface area contributed by atoms with Crippen LogP contribution in [0.25, 0.3) is 22.0 Å². The van der Waals surface area contributed by atoms with Gasteiger partial charge in [0.1, 0.15) is 12.4 Å². The summed E-state index contributed by atoms with van der Waals surface area (Å²) in [5.41, 5.74) is 3.96. The lowest BCUT2D eigenvalue weighted by Gasteiger charge is -2.18. The lowest BCUT2D eigenvalue weighted by atomic mass is 9.94. The molecule has 0 N–H and O–H groups in total. The van der Waals surface area contributed by atoms with E-state index in [4.69, 9.17) is 28.7 Å². The Labute approximate surface area is 196 Å². The van der Waals surface area contributed by atoms with Crippen molar-refractivity contribution in [3.63, 3.8) is 0 Å². The van der Waals surface area contributed by atoms with Gasteiger partial charge in [-0.15, -0.1) is 0 Å². The van der Waals surface area contributed by atoms with E-state index in [-0.39, 0.29) is 25.8 Å². The fourth-order valence-corrected chi connectivity index (χ4v) is 4.08. The van der Waals surface area contributed by atoms with Crippen LogP contribution in [0.3, 0.4) is 0 Å². The third-order valence-electron chi connectivity index (χ3n) is 5.72. The number of esters is 1. The molecule has 172 valence electrons. The van der Waals surface area contributed by atoms with Crippen molar-refractivity contribution in [1.82, 2.24) is 4.98 Å². The Bertz CT molecular complexity index is 1370. The van der Waals surface area contributed by atoms with Gasteiger partial charge < -0.3 is 23.7 Å². The van der Waals surface area contributed by atoms with Crippen molar-refractivity contribution in [2.24, 2.45) is 0 Å². The molecular formula is C27H23NO6. The highest BCUT2D eigenvalue weighted by Crippen LogP contribution is 2.41. The molecule has 0 radical (unpaired) electrons. The van der Waals surface area contributed by atoms with E-state index in [1.807, 2.05) is 66.7 Å². The monoisotopic (exact) mass is 457 g/mol. The van der Waals surface area contributed by atoms with Gasteiger partial charge in [-0.3, -0.25) is 4.79 Å². The second-order valence-electron chi connectivity index (χ2n) is 7.71. The number of methoxy groups -OCH3 is 2. The van der Waals surface area contributed by atoms with Crippen molar-refractivity contribution in [3.05, 3.63) is 77.9 Å². The number of rotatable bonds is 7. The molecule has 2 heterocycles. The Kier molecular flexibility index (Phi) is 5.91. The highest BCUT2D eigenvalue weighted by Gasteiger charge is 2.23. The van der Waals surface area contributed by atoms with Crippen LogP contribution in [0.2, 0.25) is 0 Å². The van der Waals surface area contributed by atoms with Crippen LogP contribution >= 0.6 is 0 Å². The van der Waals surface area contributed by atoms with E-state index in [2.05, 4.69) is 0 Å². The Morgan fingerprint density at radius 3 is 2.62 bits per heavy atom. The zero-order chi connectivity index (χ0) is 23.5. The van der Waals surface area contributed by atoms with E-state index >= 15 is 0 Å². The van der Waals surface area contributed by atoms with E-state index < -0.39 is 0 Å². The number of para-hydroxylation sites is 2. The summed E-state index contributed by atoms with van der Waals surface area (Å²) in [7, 11) is 2.99. The first-order valence-electron chi connectivity index (χ1n) is 10.8. The zero-order valence-corrected chi connectivity index (χ0v) is 18.9. The Hall–Kier alpha value is -4.26. The molecule has 0 fully saturated rings. The van der Waals surface area contributed by atoms with Crippen molar-refractivity contribution < 1.29 is 28.5 Å². The van der Waals surface area contributed by atoms with E-state index in [1.165, 1.54) is 7.11 Å². The molecule has 1 aromatic heterocycles. The predicted molar refractivity (Wildman–Crippen MR) is 126 cm³/mol. The molecule has 34 heavy (non-hydrogen) atoms. The van der Waals surface area contributed by atoms with E-state index in [0.29, 0.717) is 28.7 Å². The number of carbonyl (C=O) groups is 1. The topological polar surface area (TPSA) is 76.1 Å². The van der Waals surface area contributed by atoms with E-state index in [0.717, 1.165) is 27.6 Å². The summed E-state index contributed by atoms with van der Waals surface area (Å²) in [5.74, 6) is 2.03. The lowest BCUT2D eigenvalue weighted by Crippen LogP contribution is -2.10. The molecule has 0 atom stereocenters. The second-order valence-corrected chi connectivity index (χ2v) is 7.71. The third kappa shape index (κ3) is 4.08. The van der Waals surface area contributed by atoms with Gasteiger partial charge in [-0.1, -0.05) is 42.5 Å². The molecule has 7 nitrogen and oxygen atoms in total. The molecule has 4 aromatic rings. The quantitative estimate of drug-likeness (QED) is 0.364. The minimum atomic E-state index is -0.388. The Morgan fingerprint density at radius 1 is 0.971 bits per heavy atom. The molecule has 0 unspecified atom stereocenters. The maximum atomic E-state index is 12.4. The zero-order valence-electron chi connectivity index (χ0n) is 18.9. The standard InChI is InChI=1S/C27H23NO6/c1-30-22-10-6-3-7-18(22)15-32-27-20(14-25(29)31-2)26(19-8-4-5-9-21(19)28-27)17-11-12-23-24(13-17)34-16-33-23/h3-13H,14-16H2,1-2H3. The summed E-state index contributed by atoms with van der Waals surface area (Å²) >= 11 is 0. The predicted octanol–water partition coefficient (Wildman–Crippen LogP) is 4.93. The van der Waals surface area contributed by atoms with Crippen LogP contribution in [0.5, 0.6) is 23.1 Å². The number of hydrogen-bond acceptors (Lipinski definition) is 7. The normalized spacial score (nSPS) is 11.9. The van der Waals surface area contributed by atoms with Gasteiger partial charge in [0.15, 0.2) is 11.5 Å². The van der Waals surface area contributed by atoms with Crippen molar-refractivity contribution in [2.75, 3.05) is 21.0 Å². The number of carbonyl (C=O) groups excluding carboxylic acids is 1. The van der Waals surface area contributed by atoms with Crippen LogP contribution < -0.4 is 18.9 Å². The van der Waals surface area contributed by atoms with Crippen molar-refractivity contribution in [1.29, 1.82) is 0 Å². The molecule has 0 amide bonds. The van der Waals surface area contributed by atoms with Gasteiger partial charge in [0.05, 0.1) is 26.2 Å². The first-order chi connectivity index (χ1) is 16.7. The summed E-state index contributed by atoms with van der Waals surface area (Å²) < 4.78 is 27.7. The molecule has 0 spiro atoms. The molecule has 1 aliphatic heterocycles. The first-order valence-corrected chi connectivity index (χ1v) is 10.8. The molecule has 1 aliphatic rings. The van der Waals surface area contributed by atoms with Crippen LogP contribution in [-0.2, 0) is 22.6 Å². The molecule has 0 saturated carbocycles. The number of aromatic nitrogens is 1. The largest absolute Gasteiger partial charge is 0.496 e. The summed E-state index contributed by atoms with van der Waals surface area (Å²) in [6.07, 6.45) is -0.000628. The van der Waals surface area contributed by atoms with E-state index in [1.54, 1.807) is 7.11 Å². The average Bonchev–Trinajstić information content (AvgIpc) is 3.35. The fourth-order valence-electron chi connectivity index (χ4n) is 4.08. The fraction of sp³-hybridized carbons (Fsp3) is 0.185. The summed E-state index contributed by atoms with van der Waals surface area (Å²) in [6, 6.07) is 21.1. The average molecular weight is 457 g/mol. The molecule has 3 aromatic carbocycles. The van der Waals surface area contributed by atoms with Gasteiger partial charge in [-0.2, -0.15) is 0 Å². The van der Waals surface area contributed by atoms with Crippen LogP contribution in [0, 0.1) is 0 Å². The van der Waals surface area contributed by atoms with Crippen LogP contribution in [0.4, 0.5) is 0 Å². The van der Waals surface area contributed by atoms with Gasteiger partial charge in [0, 0.05) is 22.1 Å². The van der Waals surface area contributed by atoms with Crippen LogP contribution in [-0.4, -0.2) is 32.0 Å². The number of benzene rings is 3. The highest BCUT2D eigenvalue weighted by molar-refractivity contribution is 5.99. The minimum absolute atomic E-state index is 0.000628. The molecular weight excluding hydrogens is 434 g/mol. The number of ether oxygens (including phenoxy) is 5. The number of pyridine rings is 1. The Morgan fingerprint density at radius 2 is 1.76 bits per heavy atom. The lowest BCUT2D eigenvalue weighted by molar-refractivity contribution is -0.139. The Balaban J connectivity index is 1.67. The van der Waals surface area contributed by atoms with Crippen LogP contribution in [0.1, 0.15) is 11.1 Å². The molecule has 0 bridgehead atoms. The number of hydrogen-bond donors (Lipinski definition) is 0. The maximum Gasteiger partial charge on any atom is 0.310 e. The molecule has 7 heteroatoms. The minimum Gasteiger partial charge on any atom is -0.496 e. The summed E-state index contributed by atoms with van der Waals surface area (Å²) in [5, 5.41) is 0.893. The van der Waals surface area contributed by atoms with Crippen molar-refractivity contribution in [3.8, 4) is 34.3 Å². The maximum absolute atomic E-state index is 12.4. The van der Waals surface area contributed by atoms with E-state index in [9.17, 15) is 4.79 Å². The first kappa shape index (κ1) is 21.6. The number of nitrogens with zero attached hydrogens (tertiary/aromatic N) is 1. The van der Waals surface area contributed by atoms with Gasteiger partial charge in [-0.25, -0.2) is 4.98 Å². The molecule has 0 aliphatic carbocycles. The van der Waals surface area contributed by atoms with Crippen molar-refractivity contribution in [2.45, 2.75) is 13.0 Å². The van der Waals surface area contributed by atoms with Crippen LogP contribution in [0.15, 0.2) is 66.7 Å². The third-order valence-corrected chi connectivity index (χ3v) is 5.72. The second kappa shape index (κ2) is 9.31. The van der Waals surface area contributed by atoms with Gasteiger partial charge in [0.25, 0.3) is 0 Å². The van der Waals surface area contributed by atoms with Gasteiger partial charge in [0.2, 0.25) is 12.7 Å². The molecule has 5 rings (SSSR count). The highest BCUT2D eigenvalue weighted by atomic mass is 16.7.